The van der Waals surface area contributed by atoms with Gasteiger partial charge >= 0.3 is 0 Å². The van der Waals surface area contributed by atoms with E-state index in [2.05, 4.69) is 20.6 Å². The molecule has 0 radical (unpaired) electrons. The van der Waals surface area contributed by atoms with Crippen molar-refractivity contribution in [2.75, 3.05) is 28.7 Å². The number of rotatable bonds is 6. The molecule has 4 rings (SSSR count). The summed E-state index contributed by atoms with van der Waals surface area (Å²) < 4.78 is 23.3. The van der Waals surface area contributed by atoms with Gasteiger partial charge < -0.3 is 16.4 Å². The summed E-state index contributed by atoms with van der Waals surface area (Å²) in [6.45, 7) is 0.654. The first-order valence-corrected chi connectivity index (χ1v) is 13.6. The third-order valence-electron chi connectivity index (χ3n) is 6.38. The van der Waals surface area contributed by atoms with Gasteiger partial charge in [0.2, 0.25) is 0 Å². The van der Waals surface area contributed by atoms with Crippen LogP contribution in [0.1, 0.15) is 38.5 Å². The van der Waals surface area contributed by atoms with Crippen LogP contribution in [0.25, 0.3) is 11.1 Å². The van der Waals surface area contributed by atoms with Gasteiger partial charge in [0.25, 0.3) is 0 Å². The third kappa shape index (κ3) is 6.04. The van der Waals surface area contributed by atoms with Crippen molar-refractivity contribution in [3.8, 4) is 11.1 Å². The average molecular weight is 498 g/mol. The molecule has 1 aliphatic heterocycles. The molecule has 0 spiro atoms. The number of nitrogens with zero attached hydrogens (tertiary/aromatic N) is 2. The van der Waals surface area contributed by atoms with E-state index in [-0.39, 0.29) is 11.5 Å². The Morgan fingerprint density at radius 1 is 1.00 bits per heavy atom. The molecule has 2 fully saturated rings. The molecular formula is C22H29Cl2N5O2S. The summed E-state index contributed by atoms with van der Waals surface area (Å²) in [6, 6.07) is 4.53. The number of hydrogen-bond donors (Lipinski definition) is 3. The monoisotopic (exact) mass is 497 g/mol. The fourth-order valence-electron chi connectivity index (χ4n) is 4.33. The van der Waals surface area contributed by atoms with Crippen LogP contribution in [-0.2, 0) is 9.84 Å². The summed E-state index contributed by atoms with van der Waals surface area (Å²) in [5.41, 5.74) is 8.38. The number of anilines is 2. The minimum atomic E-state index is -2.87. The molecule has 4 N–H and O–H groups in total. The molecule has 1 saturated heterocycles. The van der Waals surface area contributed by atoms with E-state index < -0.39 is 9.84 Å². The van der Waals surface area contributed by atoms with Crippen molar-refractivity contribution >= 4 is 44.5 Å². The summed E-state index contributed by atoms with van der Waals surface area (Å²) in [5, 5.41) is 7.76. The maximum absolute atomic E-state index is 11.6. The first-order valence-electron chi connectivity index (χ1n) is 11.1. The highest BCUT2D eigenvalue weighted by atomic mass is 35.5. The Bertz CT molecular complexity index is 1040. The molecule has 7 nitrogen and oxygen atoms in total. The lowest BCUT2D eigenvalue weighted by Gasteiger charge is -2.27. The molecule has 0 aromatic carbocycles. The molecule has 10 heteroatoms. The molecular weight excluding hydrogens is 469 g/mol. The summed E-state index contributed by atoms with van der Waals surface area (Å²) >= 11 is 12.8. The van der Waals surface area contributed by atoms with E-state index in [4.69, 9.17) is 28.9 Å². The SMILES string of the molecule is NC1CCC(Nc2cc(-c3cnc(Cl)c(NCC4CCS(=O)(=O)CC4)c3)c(Cl)cn2)CC1. The minimum Gasteiger partial charge on any atom is -0.382 e. The highest BCUT2D eigenvalue weighted by Gasteiger charge is 2.24. The van der Waals surface area contributed by atoms with E-state index in [1.165, 1.54) is 0 Å². The molecule has 3 heterocycles. The number of nitrogens with two attached hydrogens (primary N) is 1. The number of aromatic nitrogens is 2. The van der Waals surface area contributed by atoms with E-state index in [1.54, 1.807) is 12.4 Å². The lowest BCUT2D eigenvalue weighted by Crippen LogP contribution is -2.33. The number of halogens is 2. The largest absolute Gasteiger partial charge is 0.382 e. The average Bonchev–Trinajstić information content (AvgIpc) is 2.77. The molecule has 0 bridgehead atoms. The second kappa shape index (κ2) is 10.1. The zero-order chi connectivity index (χ0) is 22.7. The lowest BCUT2D eigenvalue weighted by atomic mass is 9.92. The standard InChI is InChI=1S/C22H29Cl2N5O2S/c23-19-13-27-21(29-17-3-1-16(25)2-4-17)10-18(19)15-9-20(22(24)28-12-15)26-11-14-5-7-32(30,31)8-6-14/h9-10,12-14,16-17,26H,1-8,11,25H2,(H,27,29). The number of nitrogens with one attached hydrogen (secondary N) is 2. The van der Waals surface area contributed by atoms with Gasteiger partial charge in [0.1, 0.15) is 15.7 Å². The predicted octanol–water partition coefficient (Wildman–Crippen LogP) is 4.37. The van der Waals surface area contributed by atoms with Crippen LogP contribution in [0.3, 0.4) is 0 Å². The first kappa shape index (κ1) is 23.5. The second-order valence-corrected chi connectivity index (χ2v) is 11.9. The van der Waals surface area contributed by atoms with Gasteiger partial charge in [-0.1, -0.05) is 23.2 Å². The summed E-state index contributed by atoms with van der Waals surface area (Å²) in [7, 11) is -2.87. The highest BCUT2D eigenvalue weighted by molar-refractivity contribution is 7.91. The van der Waals surface area contributed by atoms with E-state index >= 15 is 0 Å². The second-order valence-electron chi connectivity index (χ2n) is 8.84. The molecule has 0 atom stereocenters. The topological polar surface area (TPSA) is 110 Å². The van der Waals surface area contributed by atoms with Crippen molar-refractivity contribution < 1.29 is 8.42 Å². The fourth-order valence-corrected chi connectivity index (χ4v) is 6.30. The van der Waals surface area contributed by atoms with Gasteiger partial charge in [-0.25, -0.2) is 18.4 Å². The van der Waals surface area contributed by atoms with Crippen molar-refractivity contribution in [2.24, 2.45) is 11.7 Å². The van der Waals surface area contributed by atoms with Crippen molar-refractivity contribution in [3.63, 3.8) is 0 Å². The normalized spacial score (nSPS) is 23.6. The summed E-state index contributed by atoms with van der Waals surface area (Å²) in [5.74, 6) is 1.57. The van der Waals surface area contributed by atoms with Crippen molar-refractivity contribution in [1.29, 1.82) is 0 Å². The molecule has 0 amide bonds. The van der Waals surface area contributed by atoms with Gasteiger partial charge in [-0.2, -0.15) is 0 Å². The Labute approximate surface area is 199 Å². The first-order chi connectivity index (χ1) is 15.3. The molecule has 2 aromatic rings. The van der Waals surface area contributed by atoms with Crippen LogP contribution in [0.2, 0.25) is 10.2 Å². The van der Waals surface area contributed by atoms with Gasteiger partial charge in [0.05, 0.1) is 22.2 Å². The van der Waals surface area contributed by atoms with E-state index in [9.17, 15) is 8.42 Å². The van der Waals surface area contributed by atoms with Crippen molar-refractivity contribution in [3.05, 3.63) is 34.7 Å². The van der Waals surface area contributed by atoms with Crippen LogP contribution in [0.4, 0.5) is 11.5 Å². The molecule has 1 saturated carbocycles. The van der Waals surface area contributed by atoms with E-state index in [1.807, 2.05) is 12.1 Å². The van der Waals surface area contributed by atoms with Crippen LogP contribution in [0.15, 0.2) is 24.5 Å². The zero-order valence-corrected chi connectivity index (χ0v) is 20.2. The molecule has 0 unspecified atom stereocenters. The van der Waals surface area contributed by atoms with E-state index in [0.717, 1.165) is 42.6 Å². The minimum absolute atomic E-state index is 0.251. The molecule has 2 aliphatic rings. The maximum atomic E-state index is 11.6. The Hall–Kier alpha value is -1.61. The van der Waals surface area contributed by atoms with Crippen molar-refractivity contribution in [1.82, 2.24) is 9.97 Å². The predicted molar refractivity (Wildman–Crippen MR) is 131 cm³/mol. The smallest absolute Gasteiger partial charge is 0.152 e. The zero-order valence-electron chi connectivity index (χ0n) is 17.9. The number of sulfone groups is 1. The molecule has 174 valence electrons. The highest BCUT2D eigenvalue weighted by Crippen LogP contribution is 2.33. The van der Waals surface area contributed by atoms with Gasteiger partial charge in [-0.05, 0) is 56.6 Å². The quantitative estimate of drug-likeness (QED) is 0.508. The van der Waals surface area contributed by atoms with Crippen molar-refractivity contribution in [2.45, 2.75) is 50.6 Å². The maximum Gasteiger partial charge on any atom is 0.152 e. The third-order valence-corrected chi connectivity index (χ3v) is 8.70. The number of pyridine rings is 2. The Kier molecular flexibility index (Phi) is 7.44. The van der Waals surface area contributed by atoms with Crippen LogP contribution < -0.4 is 16.4 Å². The summed E-state index contributed by atoms with van der Waals surface area (Å²) in [4.78, 5) is 8.77. The van der Waals surface area contributed by atoms with Gasteiger partial charge in [-0.15, -0.1) is 0 Å². The molecule has 1 aliphatic carbocycles. The summed E-state index contributed by atoms with van der Waals surface area (Å²) in [6.07, 6.45) is 8.76. The lowest BCUT2D eigenvalue weighted by molar-refractivity contribution is 0.410. The van der Waals surface area contributed by atoms with Gasteiger partial charge in [0.15, 0.2) is 5.15 Å². The van der Waals surface area contributed by atoms with E-state index in [0.29, 0.717) is 53.3 Å². The molecule has 32 heavy (non-hydrogen) atoms. The number of hydrogen-bond acceptors (Lipinski definition) is 7. The van der Waals surface area contributed by atoms with Crippen LogP contribution >= 0.6 is 23.2 Å². The Morgan fingerprint density at radius 2 is 1.72 bits per heavy atom. The Balaban J connectivity index is 1.46. The van der Waals surface area contributed by atoms with Crippen LogP contribution in [-0.4, -0.2) is 48.5 Å². The van der Waals surface area contributed by atoms with Gasteiger partial charge in [0, 0.05) is 42.1 Å². The molecule has 2 aromatic heterocycles. The van der Waals surface area contributed by atoms with Crippen LogP contribution in [0, 0.1) is 5.92 Å². The fraction of sp³-hybridized carbons (Fsp3) is 0.545. The Morgan fingerprint density at radius 3 is 2.44 bits per heavy atom. The van der Waals surface area contributed by atoms with Crippen LogP contribution in [0.5, 0.6) is 0 Å². The van der Waals surface area contributed by atoms with Gasteiger partial charge in [-0.3, -0.25) is 0 Å².